The Labute approximate surface area is 114 Å². The fraction of sp³-hybridized carbons (Fsp3) is 0.500. The number of likely N-dealkylation sites (N-methyl/N-ethyl adjacent to an activating group) is 1. The fourth-order valence-electron chi connectivity index (χ4n) is 2.22. The molecule has 0 aromatic heterocycles. The number of allylic oxidation sites excluding steroid dienone is 1. The van der Waals surface area contributed by atoms with Gasteiger partial charge in [-0.25, -0.2) is 8.78 Å². The lowest BCUT2D eigenvalue weighted by Gasteiger charge is -2.16. The van der Waals surface area contributed by atoms with Crippen LogP contribution in [0.5, 0.6) is 0 Å². The molecule has 0 aliphatic rings. The average molecular weight is 267 g/mol. The van der Waals surface area contributed by atoms with Crippen LogP contribution in [0.2, 0.25) is 0 Å². The van der Waals surface area contributed by atoms with Crippen molar-refractivity contribution < 1.29 is 8.78 Å². The Bertz CT molecular complexity index is 370. The van der Waals surface area contributed by atoms with Crippen LogP contribution in [0, 0.1) is 11.6 Å². The molecule has 0 saturated heterocycles. The quantitative estimate of drug-likeness (QED) is 0.521. The van der Waals surface area contributed by atoms with Crippen LogP contribution in [0.25, 0.3) is 0 Å². The standard InChI is InChI=1S/C16H23F2N/c1-3-4-5-6-7-8-16(19-2)11-13-9-14(17)12-15(18)10-13/h3,9-10,12,16,19H,1,4-8,11H2,2H3. The molecular weight excluding hydrogens is 244 g/mol. The second-order valence-electron chi connectivity index (χ2n) is 4.89. The van der Waals surface area contributed by atoms with E-state index >= 15 is 0 Å². The summed E-state index contributed by atoms with van der Waals surface area (Å²) < 4.78 is 26.2. The summed E-state index contributed by atoms with van der Waals surface area (Å²) in [6, 6.07) is 3.99. The lowest BCUT2D eigenvalue weighted by molar-refractivity contribution is 0.484. The maximum absolute atomic E-state index is 13.1. The van der Waals surface area contributed by atoms with Crippen LogP contribution < -0.4 is 5.32 Å². The summed E-state index contributed by atoms with van der Waals surface area (Å²) in [5.74, 6) is -1.01. The molecule has 1 N–H and O–H groups in total. The van der Waals surface area contributed by atoms with E-state index in [9.17, 15) is 8.78 Å². The molecule has 0 spiro atoms. The molecule has 1 aromatic carbocycles. The van der Waals surface area contributed by atoms with Gasteiger partial charge in [0.05, 0.1) is 0 Å². The smallest absolute Gasteiger partial charge is 0.126 e. The fourth-order valence-corrected chi connectivity index (χ4v) is 2.22. The average Bonchev–Trinajstić information content (AvgIpc) is 2.36. The molecule has 0 aliphatic carbocycles. The highest BCUT2D eigenvalue weighted by molar-refractivity contribution is 5.18. The first-order chi connectivity index (χ1) is 9.15. The molecule has 0 heterocycles. The zero-order valence-electron chi connectivity index (χ0n) is 11.6. The highest BCUT2D eigenvalue weighted by Crippen LogP contribution is 2.13. The summed E-state index contributed by atoms with van der Waals surface area (Å²) in [5.41, 5.74) is 0.711. The molecule has 1 unspecified atom stereocenters. The van der Waals surface area contributed by atoms with E-state index in [4.69, 9.17) is 0 Å². The van der Waals surface area contributed by atoms with E-state index < -0.39 is 11.6 Å². The third kappa shape index (κ3) is 6.48. The van der Waals surface area contributed by atoms with E-state index in [2.05, 4.69) is 11.9 Å². The summed E-state index contributed by atoms with van der Waals surface area (Å²) in [4.78, 5) is 0. The molecule has 0 aliphatic heterocycles. The Morgan fingerprint density at radius 1 is 1.16 bits per heavy atom. The largest absolute Gasteiger partial charge is 0.317 e. The number of benzene rings is 1. The highest BCUT2D eigenvalue weighted by atomic mass is 19.1. The minimum atomic E-state index is -0.504. The van der Waals surface area contributed by atoms with Crippen molar-refractivity contribution in [2.45, 2.75) is 44.6 Å². The van der Waals surface area contributed by atoms with Crippen molar-refractivity contribution >= 4 is 0 Å². The molecule has 3 heteroatoms. The van der Waals surface area contributed by atoms with Gasteiger partial charge in [0.25, 0.3) is 0 Å². The van der Waals surface area contributed by atoms with Crippen molar-refractivity contribution in [2.75, 3.05) is 7.05 Å². The summed E-state index contributed by atoms with van der Waals surface area (Å²) in [7, 11) is 1.89. The van der Waals surface area contributed by atoms with Crippen molar-refractivity contribution in [3.05, 3.63) is 48.1 Å². The van der Waals surface area contributed by atoms with E-state index in [-0.39, 0.29) is 6.04 Å². The zero-order chi connectivity index (χ0) is 14.1. The molecule has 0 bridgehead atoms. The number of nitrogens with one attached hydrogen (secondary N) is 1. The van der Waals surface area contributed by atoms with Gasteiger partial charge in [0.15, 0.2) is 0 Å². The predicted octanol–water partition coefficient (Wildman–Crippen LogP) is 4.23. The summed E-state index contributed by atoms with van der Waals surface area (Å²) in [6.45, 7) is 3.70. The number of hydrogen-bond acceptors (Lipinski definition) is 1. The van der Waals surface area contributed by atoms with Gasteiger partial charge in [0.2, 0.25) is 0 Å². The second-order valence-corrected chi connectivity index (χ2v) is 4.89. The van der Waals surface area contributed by atoms with E-state index in [1.807, 2.05) is 13.1 Å². The van der Waals surface area contributed by atoms with Gasteiger partial charge in [-0.15, -0.1) is 6.58 Å². The number of rotatable bonds is 9. The van der Waals surface area contributed by atoms with Gasteiger partial charge < -0.3 is 5.32 Å². The molecule has 0 amide bonds. The Morgan fingerprint density at radius 2 is 1.84 bits per heavy atom. The predicted molar refractivity (Wildman–Crippen MR) is 76.2 cm³/mol. The Kier molecular flexibility index (Phi) is 7.34. The van der Waals surface area contributed by atoms with Crippen LogP contribution >= 0.6 is 0 Å². The molecule has 0 fully saturated rings. The topological polar surface area (TPSA) is 12.0 Å². The van der Waals surface area contributed by atoms with Gasteiger partial charge in [0, 0.05) is 12.1 Å². The van der Waals surface area contributed by atoms with E-state index in [1.54, 1.807) is 0 Å². The zero-order valence-corrected chi connectivity index (χ0v) is 11.6. The van der Waals surface area contributed by atoms with Crippen LogP contribution in [0.1, 0.15) is 37.7 Å². The minimum Gasteiger partial charge on any atom is -0.317 e. The minimum absolute atomic E-state index is 0.268. The Hall–Kier alpha value is -1.22. The van der Waals surface area contributed by atoms with Crippen LogP contribution in [0.3, 0.4) is 0 Å². The molecule has 1 aromatic rings. The molecule has 1 atom stereocenters. The van der Waals surface area contributed by atoms with Crippen molar-refractivity contribution in [3.63, 3.8) is 0 Å². The molecule has 0 radical (unpaired) electrons. The summed E-state index contributed by atoms with van der Waals surface area (Å²) in [5, 5.41) is 3.22. The lowest BCUT2D eigenvalue weighted by Crippen LogP contribution is -2.27. The first-order valence-electron chi connectivity index (χ1n) is 6.89. The molecule has 1 rings (SSSR count). The van der Waals surface area contributed by atoms with Gasteiger partial charge in [-0.1, -0.05) is 18.9 Å². The number of halogens is 2. The molecule has 106 valence electrons. The van der Waals surface area contributed by atoms with Crippen LogP contribution in [-0.4, -0.2) is 13.1 Å². The van der Waals surface area contributed by atoms with Crippen LogP contribution in [-0.2, 0) is 6.42 Å². The van der Waals surface area contributed by atoms with Gasteiger partial charge in [-0.2, -0.15) is 0 Å². The molecular formula is C16H23F2N. The normalized spacial score (nSPS) is 12.4. The van der Waals surface area contributed by atoms with Gasteiger partial charge in [-0.05, 0) is 50.4 Å². The van der Waals surface area contributed by atoms with Crippen molar-refractivity contribution in [3.8, 4) is 0 Å². The molecule has 19 heavy (non-hydrogen) atoms. The number of hydrogen-bond donors (Lipinski definition) is 1. The summed E-state index contributed by atoms with van der Waals surface area (Å²) in [6.07, 6.45) is 8.12. The van der Waals surface area contributed by atoms with E-state index in [0.29, 0.717) is 12.0 Å². The van der Waals surface area contributed by atoms with Crippen LogP contribution in [0.4, 0.5) is 8.78 Å². The van der Waals surface area contributed by atoms with E-state index in [1.165, 1.54) is 18.6 Å². The highest BCUT2D eigenvalue weighted by Gasteiger charge is 2.09. The van der Waals surface area contributed by atoms with E-state index in [0.717, 1.165) is 31.7 Å². The van der Waals surface area contributed by atoms with Crippen molar-refractivity contribution in [2.24, 2.45) is 0 Å². The third-order valence-corrected chi connectivity index (χ3v) is 3.27. The second kappa shape index (κ2) is 8.81. The van der Waals surface area contributed by atoms with Crippen molar-refractivity contribution in [1.82, 2.24) is 5.32 Å². The molecule has 0 saturated carbocycles. The van der Waals surface area contributed by atoms with Gasteiger partial charge in [0.1, 0.15) is 11.6 Å². The monoisotopic (exact) mass is 267 g/mol. The van der Waals surface area contributed by atoms with Crippen molar-refractivity contribution in [1.29, 1.82) is 0 Å². The summed E-state index contributed by atoms with van der Waals surface area (Å²) >= 11 is 0. The lowest BCUT2D eigenvalue weighted by atomic mass is 10.00. The number of unbranched alkanes of at least 4 members (excludes halogenated alkanes) is 3. The molecule has 1 nitrogen and oxygen atoms in total. The van der Waals surface area contributed by atoms with Gasteiger partial charge >= 0.3 is 0 Å². The maximum Gasteiger partial charge on any atom is 0.126 e. The third-order valence-electron chi connectivity index (χ3n) is 3.27. The van der Waals surface area contributed by atoms with Crippen LogP contribution in [0.15, 0.2) is 30.9 Å². The van der Waals surface area contributed by atoms with Gasteiger partial charge in [-0.3, -0.25) is 0 Å². The SMILES string of the molecule is C=CCCCCCC(Cc1cc(F)cc(F)c1)NC. The first-order valence-corrected chi connectivity index (χ1v) is 6.89. The Balaban J connectivity index is 2.40. The first kappa shape index (κ1) is 15.8. The Morgan fingerprint density at radius 3 is 2.42 bits per heavy atom. The maximum atomic E-state index is 13.1.